The molecule has 0 atom stereocenters. The number of hydrogen-bond acceptors (Lipinski definition) is 1. The van der Waals surface area contributed by atoms with E-state index in [1.807, 2.05) is 30.3 Å². The molecule has 2 aromatic rings. The van der Waals surface area contributed by atoms with Gasteiger partial charge in [-0.2, -0.15) is 0 Å². The minimum Gasteiger partial charge on any atom is -0.370 e. The van der Waals surface area contributed by atoms with Crippen LogP contribution in [0.2, 0.25) is 0 Å². The molecule has 0 saturated heterocycles. The molecule has 0 radical (unpaired) electrons. The molecule has 0 bridgehead atoms. The number of aliphatic imine (C=N–C) groups is 1. The van der Waals surface area contributed by atoms with Gasteiger partial charge in [-0.05, 0) is 43.0 Å². The molecular weight excluding hydrogens is 385 g/mol. The lowest BCUT2D eigenvalue weighted by molar-refractivity contribution is 0.700. The van der Waals surface area contributed by atoms with Crippen molar-refractivity contribution in [2.45, 2.75) is 25.2 Å². The lowest BCUT2D eigenvalue weighted by atomic mass is 9.92. The third kappa shape index (κ3) is 3.80. The van der Waals surface area contributed by atoms with Crippen LogP contribution in [0, 0.1) is 6.92 Å². The van der Waals surface area contributed by atoms with Gasteiger partial charge >= 0.3 is 0 Å². The molecule has 1 aliphatic carbocycles. The van der Waals surface area contributed by atoms with Gasteiger partial charge < -0.3 is 11.1 Å². The Kier molecular flexibility index (Phi) is 5.45. The Balaban J connectivity index is 0.00000176. The van der Waals surface area contributed by atoms with Crippen LogP contribution in [0.15, 0.2) is 59.6 Å². The lowest BCUT2D eigenvalue weighted by Gasteiger charge is -2.16. The number of halogens is 1. The Bertz CT molecular complexity index is 648. The monoisotopic (exact) mass is 407 g/mol. The van der Waals surface area contributed by atoms with Crippen molar-refractivity contribution in [3.05, 3.63) is 65.7 Å². The van der Waals surface area contributed by atoms with Crippen LogP contribution in [-0.2, 0) is 5.41 Å². The summed E-state index contributed by atoms with van der Waals surface area (Å²) >= 11 is 0. The van der Waals surface area contributed by atoms with Crippen molar-refractivity contribution in [2.75, 3.05) is 11.9 Å². The largest absolute Gasteiger partial charge is 0.370 e. The van der Waals surface area contributed by atoms with E-state index in [1.54, 1.807) is 0 Å². The molecule has 0 amide bonds. The van der Waals surface area contributed by atoms with Gasteiger partial charge in [-0.1, -0.05) is 42.5 Å². The Morgan fingerprint density at radius 1 is 1.09 bits per heavy atom. The number of para-hydroxylation sites is 1. The molecule has 116 valence electrons. The van der Waals surface area contributed by atoms with Crippen molar-refractivity contribution in [3.8, 4) is 0 Å². The molecule has 4 heteroatoms. The maximum atomic E-state index is 6.00. The molecule has 2 aromatic carbocycles. The molecule has 1 saturated carbocycles. The first-order valence-corrected chi connectivity index (χ1v) is 7.38. The number of guanidine groups is 1. The summed E-state index contributed by atoms with van der Waals surface area (Å²) in [5.41, 5.74) is 9.94. The second-order valence-electron chi connectivity index (χ2n) is 5.79. The van der Waals surface area contributed by atoms with Gasteiger partial charge in [0, 0.05) is 11.1 Å². The van der Waals surface area contributed by atoms with Crippen LogP contribution in [-0.4, -0.2) is 12.5 Å². The van der Waals surface area contributed by atoms with Gasteiger partial charge in [-0.3, -0.25) is 4.99 Å². The van der Waals surface area contributed by atoms with Crippen LogP contribution in [0.4, 0.5) is 5.69 Å². The highest BCUT2D eigenvalue weighted by Crippen LogP contribution is 2.49. The first-order valence-electron chi connectivity index (χ1n) is 7.38. The molecule has 0 heterocycles. The highest BCUT2D eigenvalue weighted by molar-refractivity contribution is 14.0. The average molecular weight is 407 g/mol. The highest BCUT2D eigenvalue weighted by Gasteiger charge is 2.44. The zero-order valence-corrected chi connectivity index (χ0v) is 15.1. The first-order chi connectivity index (χ1) is 10.2. The number of rotatable bonds is 4. The van der Waals surface area contributed by atoms with Gasteiger partial charge in [0.05, 0.1) is 6.54 Å². The highest BCUT2D eigenvalue weighted by atomic mass is 127. The smallest absolute Gasteiger partial charge is 0.193 e. The minimum atomic E-state index is 0. The van der Waals surface area contributed by atoms with Gasteiger partial charge in [0.15, 0.2) is 5.96 Å². The fourth-order valence-electron chi connectivity index (χ4n) is 2.78. The molecule has 3 rings (SSSR count). The normalized spacial score (nSPS) is 15.8. The van der Waals surface area contributed by atoms with Crippen LogP contribution in [0.1, 0.15) is 24.0 Å². The first kappa shape index (κ1) is 16.8. The molecule has 0 spiro atoms. The number of nitrogens with zero attached hydrogens (tertiary/aromatic N) is 1. The molecule has 0 unspecified atom stereocenters. The van der Waals surface area contributed by atoms with E-state index in [9.17, 15) is 0 Å². The van der Waals surface area contributed by atoms with E-state index in [4.69, 9.17) is 5.73 Å². The standard InChI is InChI=1S/C18H21N3.HI/c1-14-7-5-6-10-16(14)18(11-12-18)13-20-17(19)21-15-8-3-2-4-9-15;/h2-10H,11-13H2,1H3,(H3,19,20,21);1H. The molecular formula is C18H22IN3. The van der Waals surface area contributed by atoms with Crippen molar-refractivity contribution < 1.29 is 0 Å². The summed E-state index contributed by atoms with van der Waals surface area (Å²) in [6, 6.07) is 18.5. The van der Waals surface area contributed by atoms with Gasteiger partial charge in [0.1, 0.15) is 0 Å². The Morgan fingerprint density at radius 2 is 1.73 bits per heavy atom. The number of aryl methyl sites for hydroxylation is 1. The molecule has 1 fully saturated rings. The molecule has 1 aliphatic rings. The van der Waals surface area contributed by atoms with E-state index >= 15 is 0 Å². The third-order valence-electron chi connectivity index (χ3n) is 4.17. The zero-order valence-electron chi connectivity index (χ0n) is 12.8. The number of hydrogen-bond donors (Lipinski definition) is 2. The fraction of sp³-hybridized carbons (Fsp3) is 0.278. The number of nitrogens with two attached hydrogens (primary N) is 1. The summed E-state index contributed by atoms with van der Waals surface area (Å²) in [7, 11) is 0. The third-order valence-corrected chi connectivity index (χ3v) is 4.17. The van der Waals surface area contributed by atoms with E-state index < -0.39 is 0 Å². The predicted octanol–water partition coefficient (Wildman–Crippen LogP) is 4.07. The Hall–Kier alpha value is -1.56. The van der Waals surface area contributed by atoms with E-state index in [2.05, 4.69) is 41.5 Å². The molecule has 3 N–H and O–H groups in total. The summed E-state index contributed by atoms with van der Waals surface area (Å²) in [5.74, 6) is 0.487. The van der Waals surface area contributed by atoms with Gasteiger partial charge in [-0.25, -0.2) is 0 Å². The van der Waals surface area contributed by atoms with Gasteiger partial charge in [-0.15, -0.1) is 24.0 Å². The molecule has 0 aromatic heterocycles. The minimum absolute atomic E-state index is 0. The zero-order chi connectivity index (χ0) is 14.7. The Labute approximate surface area is 149 Å². The van der Waals surface area contributed by atoms with E-state index in [0.717, 1.165) is 12.2 Å². The molecule has 22 heavy (non-hydrogen) atoms. The maximum absolute atomic E-state index is 6.00. The van der Waals surface area contributed by atoms with Crippen molar-refractivity contribution in [2.24, 2.45) is 10.7 Å². The maximum Gasteiger partial charge on any atom is 0.193 e. The summed E-state index contributed by atoms with van der Waals surface area (Å²) in [4.78, 5) is 4.55. The molecule has 0 aliphatic heterocycles. The van der Waals surface area contributed by atoms with Crippen molar-refractivity contribution in [3.63, 3.8) is 0 Å². The van der Waals surface area contributed by atoms with Crippen LogP contribution in [0.3, 0.4) is 0 Å². The number of nitrogens with one attached hydrogen (secondary N) is 1. The summed E-state index contributed by atoms with van der Waals surface area (Å²) < 4.78 is 0. The molecule has 3 nitrogen and oxygen atoms in total. The van der Waals surface area contributed by atoms with E-state index in [1.165, 1.54) is 24.0 Å². The number of benzene rings is 2. The van der Waals surface area contributed by atoms with Gasteiger partial charge in [0.2, 0.25) is 0 Å². The summed E-state index contributed by atoms with van der Waals surface area (Å²) in [5, 5.41) is 3.14. The summed E-state index contributed by atoms with van der Waals surface area (Å²) in [6.45, 7) is 2.92. The van der Waals surface area contributed by atoms with Crippen molar-refractivity contribution in [1.29, 1.82) is 0 Å². The lowest BCUT2D eigenvalue weighted by Crippen LogP contribution is -2.25. The van der Waals surface area contributed by atoms with Crippen molar-refractivity contribution >= 4 is 35.6 Å². The van der Waals surface area contributed by atoms with Crippen LogP contribution in [0.5, 0.6) is 0 Å². The Morgan fingerprint density at radius 3 is 2.36 bits per heavy atom. The second kappa shape index (κ2) is 7.13. The fourth-order valence-corrected chi connectivity index (χ4v) is 2.78. The van der Waals surface area contributed by atoms with E-state index in [-0.39, 0.29) is 29.4 Å². The number of anilines is 1. The van der Waals surface area contributed by atoms with E-state index in [0.29, 0.717) is 5.96 Å². The SMILES string of the molecule is Cc1ccccc1C1(CN=C(N)Nc2ccccc2)CC1.I. The summed E-state index contributed by atoms with van der Waals surface area (Å²) in [6.07, 6.45) is 2.39. The topological polar surface area (TPSA) is 50.4 Å². The van der Waals surface area contributed by atoms with Gasteiger partial charge in [0.25, 0.3) is 0 Å². The predicted molar refractivity (Wildman–Crippen MR) is 104 cm³/mol. The average Bonchev–Trinajstić information content (AvgIpc) is 3.28. The van der Waals surface area contributed by atoms with Crippen LogP contribution < -0.4 is 11.1 Å². The quantitative estimate of drug-likeness (QED) is 0.456. The second-order valence-corrected chi connectivity index (χ2v) is 5.79. The van der Waals surface area contributed by atoms with Crippen LogP contribution in [0.25, 0.3) is 0 Å². The van der Waals surface area contributed by atoms with Crippen LogP contribution >= 0.6 is 24.0 Å². The van der Waals surface area contributed by atoms with Crippen molar-refractivity contribution in [1.82, 2.24) is 0 Å².